The Hall–Kier alpha value is -2.33. The standard InChI is InChI=1S/C15H19N5O3S2/c1-5-25-15-18-17-9(2)20(15)19-14(24)16-13(21)12-10(22-3)7-6-8-11(12)23-4/h6-8H,5H2,1-4H3,(H2,16,19,21,24). The Bertz CT molecular complexity index is 756. The molecule has 10 heteroatoms. The first-order valence-electron chi connectivity index (χ1n) is 7.39. The number of ether oxygens (including phenoxy) is 2. The van der Waals surface area contributed by atoms with Crippen LogP contribution >= 0.6 is 24.0 Å². The summed E-state index contributed by atoms with van der Waals surface area (Å²) in [6.07, 6.45) is 0. The van der Waals surface area contributed by atoms with Crippen molar-refractivity contribution in [3.8, 4) is 11.5 Å². The summed E-state index contributed by atoms with van der Waals surface area (Å²) >= 11 is 6.74. The molecule has 2 N–H and O–H groups in total. The number of methoxy groups -OCH3 is 2. The summed E-state index contributed by atoms with van der Waals surface area (Å²) < 4.78 is 12.1. The van der Waals surface area contributed by atoms with Crippen LogP contribution in [0, 0.1) is 6.92 Å². The summed E-state index contributed by atoms with van der Waals surface area (Å²) in [5.74, 6) is 1.80. The number of rotatable bonds is 6. The maximum atomic E-state index is 12.6. The highest BCUT2D eigenvalue weighted by atomic mass is 32.2. The maximum Gasteiger partial charge on any atom is 0.265 e. The second kappa shape index (κ2) is 8.67. The van der Waals surface area contributed by atoms with Crippen molar-refractivity contribution in [2.45, 2.75) is 19.0 Å². The third kappa shape index (κ3) is 4.40. The SMILES string of the molecule is CCSc1nnc(C)n1NC(=S)NC(=O)c1c(OC)cccc1OC. The van der Waals surface area contributed by atoms with Crippen LogP contribution in [0.3, 0.4) is 0 Å². The van der Waals surface area contributed by atoms with Gasteiger partial charge < -0.3 is 9.47 Å². The number of thioether (sulfide) groups is 1. The molecule has 1 amide bonds. The minimum atomic E-state index is -0.442. The quantitative estimate of drug-likeness (QED) is 0.580. The number of carbonyl (C=O) groups excluding carboxylic acids is 1. The zero-order valence-corrected chi connectivity index (χ0v) is 16.0. The van der Waals surface area contributed by atoms with E-state index in [1.807, 2.05) is 6.92 Å². The molecule has 0 atom stereocenters. The fourth-order valence-corrected chi connectivity index (χ4v) is 2.91. The van der Waals surface area contributed by atoms with Gasteiger partial charge in [-0.2, -0.15) is 0 Å². The average molecular weight is 381 g/mol. The molecule has 0 aliphatic carbocycles. The molecule has 0 bridgehead atoms. The van der Waals surface area contributed by atoms with E-state index in [1.165, 1.54) is 26.0 Å². The van der Waals surface area contributed by atoms with Crippen LogP contribution in [-0.4, -0.2) is 45.9 Å². The lowest BCUT2D eigenvalue weighted by Gasteiger charge is -2.15. The number of nitrogens with one attached hydrogen (secondary N) is 2. The van der Waals surface area contributed by atoms with Crippen LogP contribution in [0.4, 0.5) is 0 Å². The van der Waals surface area contributed by atoms with Crippen LogP contribution in [0.15, 0.2) is 23.4 Å². The molecule has 8 nitrogen and oxygen atoms in total. The van der Waals surface area contributed by atoms with E-state index >= 15 is 0 Å². The molecule has 0 aliphatic heterocycles. The van der Waals surface area contributed by atoms with E-state index in [1.54, 1.807) is 29.8 Å². The molecular weight excluding hydrogens is 362 g/mol. The van der Waals surface area contributed by atoms with Crippen molar-refractivity contribution >= 4 is 35.0 Å². The topological polar surface area (TPSA) is 90.3 Å². The molecule has 1 heterocycles. The van der Waals surface area contributed by atoms with E-state index < -0.39 is 5.91 Å². The van der Waals surface area contributed by atoms with Crippen LogP contribution < -0.4 is 20.2 Å². The van der Waals surface area contributed by atoms with Crippen LogP contribution in [0.1, 0.15) is 23.1 Å². The Morgan fingerprint density at radius 3 is 2.48 bits per heavy atom. The number of hydrogen-bond donors (Lipinski definition) is 2. The predicted molar refractivity (Wildman–Crippen MR) is 100 cm³/mol. The summed E-state index contributed by atoms with van der Waals surface area (Å²) in [6.45, 7) is 3.79. The zero-order valence-electron chi connectivity index (χ0n) is 14.3. The van der Waals surface area contributed by atoms with E-state index in [0.717, 1.165) is 5.75 Å². The molecule has 0 saturated heterocycles. The number of amides is 1. The Morgan fingerprint density at radius 1 is 1.28 bits per heavy atom. The van der Waals surface area contributed by atoms with Gasteiger partial charge in [0.1, 0.15) is 22.9 Å². The van der Waals surface area contributed by atoms with Crippen LogP contribution in [0.2, 0.25) is 0 Å². The normalized spacial score (nSPS) is 10.2. The number of carbonyl (C=O) groups is 1. The number of hydrogen-bond acceptors (Lipinski definition) is 7. The number of aryl methyl sites for hydroxylation is 1. The fraction of sp³-hybridized carbons (Fsp3) is 0.333. The number of aromatic nitrogens is 3. The number of benzene rings is 1. The lowest BCUT2D eigenvalue weighted by Crippen LogP contribution is -2.38. The molecule has 0 saturated carbocycles. The molecule has 2 rings (SSSR count). The summed E-state index contributed by atoms with van der Waals surface area (Å²) in [7, 11) is 2.97. The summed E-state index contributed by atoms with van der Waals surface area (Å²) in [5.41, 5.74) is 3.17. The molecule has 2 aromatic rings. The first-order chi connectivity index (χ1) is 12.0. The molecular formula is C15H19N5O3S2. The minimum absolute atomic E-state index is 0.110. The first-order valence-corrected chi connectivity index (χ1v) is 8.79. The van der Waals surface area contributed by atoms with E-state index in [-0.39, 0.29) is 10.7 Å². The largest absolute Gasteiger partial charge is 0.496 e. The second-order valence-corrected chi connectivity index (χ2v) is 6.37. The first kappa shape index (κ1) is 19.0. The summed E-state index contributed by atoms with van der Waals surface area (Å²) in [5, 5.41) is 11.4. The molecule has 0 spiro atoms. The van der Waals surface area contributed by atoms with Crippen molar-refractivity contribution in [2.75, 3.05) is 25.4 Å². The molecule has 0 fully saturated rings. The molecule has 1 aromatic heterocycles. The van der Waals surface area contributed by atoms with Gasteiger partial charge in [-0.1, -0.05) is 24.8 Å². The van der Waals surface area contributed by atoms with Crippen molar-refractivity contribution < 1.29 is 14.3 Å². The van der Waals surface area contributed by atoms with Gasteiger partial charge in [0.25, 0.3) is 5.91 Å². The molecule has 25 heavy (non-hydrogen) atoms. The summed E-state index contributed by atoms with van der Waals surface area (Å²) in [4.78, 5) is 12.6. The van der Waals surface area contributed by atoms with Gasteiger partial charge in [0, 0.05) is 0 Å². The van der Waals surface area contributed by atoms with E-state index in [0.29, 0.717) is 22.5 Å². The van der Waals surface area contributed by atoms with E-state index in [2.05, 4.69) is 20.9 Å². The van der Waals surface area contributed by atoms with Crippen molar-refractivity contribution in [1.29, 1.82) is 0 Å². The highest BCUT2D eigenvalue weighted by Crippen LogP contribution is 2.27. The monoisotopic (exact) mass is 381 g/mol. The minimum Gasteiger partial charge on any atom is -0.496 e. The van der Waals surface area contributed by atoms with Gasteiger partial charge in [-0.25, -0.2) is 4.68 Å². The van der Waals surface area contributed by atoms with Gasteiger partial charge in [0.15, 0.2) is 5.11 Å². The predicted octanol–water partition coefficient (Wildman–Crippen LogP) is 1.97. The molecule has 1 aromatic carbocycles. The molecule has 0 aliphatic rings. The highest BCUT2D eigenvalue weighted by Gasteiger charge is 2.20. The Kier molecular flexibility index (Phi) is 6.59. The van der Waals surface area contributed by atoms with Gasteiger partial charge in [0.05, 0.1) is 14.2 Å². The number of thiocarbonyl (C=S) groups is 1. The van der Waals surface area contributed by atoms with Crippen molar-refractivity contribution in [1.82, 2.24) is 20.2 Å². The van der Waals surface area contributed by atoms with E-state index in [9.17, 15) is 4.79 Å². The number of nitrogens with zero attached hydrogens (tertiary/aromatic N) is 3. The van der Waals surface area contributed by atoms with Crippen LogP contribution in [0.25, 0.3) is 0 Å². The third-order valence-corrected chi connectivity index (χ3v) is 4.17. The van der Waals surface area contributed by atoms with Gasteiger partial charge in [0.2, 0.25) is 5.16 Å². The fourth-order valence-electron chi connectivity index (χ4n) is 2.06. The Balaban J connectivity index is 2.17. The van der Waals surface area contributed by atoms with Crippen LogP contribution in [-0.2, 0) is 0 Å². The smallest absolute Gasteiger partial charge is 0.265 e. The van der Waals surface area contributed by atoms with Gasteiger partial charge in [-0.15, -0.1) is 10.2 Å². The third-order valence-electron chi connectivity index (χ3n) is 3.16. The summed E-state index contributed by atoms with van der Waals surface area (Å²) in [6, 6.07) is 5.08. The van der Waals surface area contributed by atoms with Gasteiger partial charge >= 0.3 is 0 Å². The average Bonchev–Trinajstić information content (AvgIpc) is 2.94. The Labute approximate surface area is 155 Å². The molecule has 0 radical (unpaired) electrons. The van der Waals surface area contributed by atoms with Crippen molar-refractivity contribution in [3.63, 3.8) is 0 Å². The van der Waals surface area contributed by atoms with Crippen molar-refractivity contribution in [3.05, 3.63) is 29.6 Å². The van der Waals surface area contributed by atoms with Gasteiger partial charge in [-0.3, -0.25) is 15.5 Å². The lowest BCUT2D eigenvalue weighted by molar-refractivity contribution is 0.0971. The zero-order chi connectivity index (χ0) is 18.4. The molecule has 0 unspecified atom stereocenters. The van der Waals surface area contributed by atoms with Gasteiger partial charge in [-0.05, 0) is 37.0 Å². The highest BCUT2D eigenvalue weighted by molar-refractivity contribution is 7.99. The maximum absolute atomic E-state index is 12.6. The van der Waals surface area contributed by atoms with Crippen molar-refractivity contribution in [2.24, 2.45) is 0 Å². The Morgan fingerprint density at radius 2 is 1.92 bits per heavy atom. The molecule has 134 valence electrons. The second-order valence-electron chi connectivity index (χ2n) is 4.73. The van der Waals surface area contributed by atoms with E-state index in [4.69, 9.17) is 21.7 Å². The van der Waals surface area contributed by atoms with Crippen LogP contribution in [0.5, 0.6) is 11.5 Å². The lowest BCUT2D eigenvalue weighted by atomic mass is 10.1.